The molecule has 2 aromatic rings. The predicted octanol–water partition coefficient (Wildman–Crippen LogP) is 4.68. The molecule has 3 rings (SSSR count). The van der Waals surface area contributed by atoms with Gasteiger partial charge < -0.3 is 14.6 Å². The molecule has 0 atom stereocenters. The second-order valence-electron chi connectivity index (χ2n) is 6.23. The summed E-state index contributed by atoms with van der Waals surface area (Å²) in [4.78, 5) is 14.8. The standard InChI is InChI=1S/C17H14ClF2NO4/c1-17(2-3-17)8-24-15-11(18)4-9(7-21-15)25-14-6-12(19)10(16(22)23)5-13(14)20/h4-7H,2-3,8H2,1H3,(H,22,23). The predicted molar refractivity (Wildman–Crippen MR) is 85.5 cm³/mol. The maximum atomic E-state index is 13.9. The Kier molecular flexibility index (Phi) is 4.51. The molecule has 1 aliphatic rings. The molecule has 1 aromatic carbocycles. The first-order chi connectivity index (χ1) is 11.8. The Morgan fingerprint density at radius 3 is 2.64 bits per heavy atom. The Labute approximate surface area is 147 Å². The van der Waals surface area contributed by atoms with Gasteiger partial charge in [0.25, 0.3) is 0 Å². The highest BCUT2D eigenvalue weighted by Crippen LogP contribution is 2.45. The lowest BCUT2D eigenvalue weighted by atomic mass is 10.2. The first-order valence-electron chi connectivity index (χ1n) is 7.46. The van der Waals surface area contributed by atoms with Gasteiger partial charge in [0.2, 0.25) is 5.88 Å². The maximum absolute atomic E-state index is 13.9. The lowest BCUT2D eigenvalue weighted by Gasteiger charge is -2.12. The Bertz CT molecular complexity index is 840. The first kappa shape index (κ1) is 17.4. The summed E-state index contributed by atoms with van der Waals surface area (Å²) in [5, 5.41) is 8.93. The Morgan fingerprint density at radius 1 is 1.32 bits per heavy atom. The summed E-state index contributed by atoms with van der Waals surface area (Å²) in [5.41, 5.74) is -0.620. The summed E-state index contributed by atoms with van der Waals surface area (Å²) in [7, 11) is 0. The fraction of sp³-hybridized carbons (Fsp3) is 0.294. The van der Waals surface area contributed by atoms with Gasteiger partial charge in [0, 0.05) is 17.5 Å². The van der Waals surface area contributed by atoms with Crippen LogP contribution in [-0.4, -0.2) is 22.7 Å². The van der Waals surface area contributed by atoms with Crippen LogP contribution in [0.3, 0.4) is 0 Å². The van der Waals surface area contributed by atoms with Crippen molar-refractivity contribution < 1.29 is 28.2 Å². The number of halogens is 3. The largest absolute Gasteiger partial charge is 0.478 e. The van der Waals surface area contributed by atoms with Crippen LogP contribution in [0.5, 0.6) is 17.4 Å². The third kappa shape index (κ3) is 3.99. The molecule has 1 aliphatic carbocycles. The van der Waals surface area contributed by atoms with Crippen LogP contribution in [0.4, 0.5) is 8.78 Å². The Morgan fingerprint density at radius 2 is 2.04 bits per heavy atom. The van der Waals surface area contributed by atoms with Crippen molar-refractivity contribution in [2.24, 2.45) is 5.41 Å². The molecular formula is C17H14ClF2NO4. The van der Waals surface area contributed by atoms with E-state index in [-0.39, 0.29) is 22.1 Å². The van der Waals surface area contributed by atoms with Gasteiger partial charge in [0.1, 0.15) is 16.6 Å². The molecule has 0 radical (unpaired) electrons. The average Bonchev–Trinajstić information content (AvgIpc) is 3.27. The number of hydrogen-bond donors (Lipinski definition) is 1. The molecule has 1 aromatic heterocycles. The molecule has 0 saturated heterocycles. The average molecular weight is 370 g/mol. The van der Waals surface area contributed by atoms with E-state index >= 15 is 0 Å². The SMILES string of the molecule is CC1(COc2ncc(Oc3cc(F)c(C(=O)O)cc3F)cc2Cl)CC1. The molecule has 1 heterocycles. The van der Waals surface area contributed by atoms with Gasteiger partial charge in [-0.3, -0.25) is 0 Å². The highest BCUT2D eigenvalue weighted by molar-refractivity contribution is 6.31. The molecule has 1 fully saturated rings. The molecule has 0 unspecified atom stereocenters. The highest BCUT2D eigenvalue weighted by atomic mass is 35.5. The number of carboxylic acids is 1. The van der Waals surface area contributed by atoms with E-state index in [9.17, 15) is 13.6 Å². The van der Waals surface area contributed by atoms with Crippen molar-refractivity contribution in [1.82, 2.24) is 4.98 Å². The van der Waals surface area contributed by atoms with Gasteiger partial charge in [-0.25, -0.2) is 18.6 Å². The van der Waals surface area contributed by atoms with Crippen LogP contribution >= 0.6 is 11.6 Å². The van der Waals surface area contributed by atoms with Gasteiger partial charge in [0.05, 0.1) is 18.4 Å². The summed E-state index contributed by atoms with van der Waals surface area (Å²) in [5.74, 6) is -3.87. The maximum Gasteiger partial charge on any atom is 0.338 e. The van der Waals surface area contributed by atoms with Crippen molar-refractivity contribution in [3.63, 3.8) is 0 Å². The molecule has 5 nitrogen and oxygen atoms in total. The van der Waals surface area contributed by atoms with E-state index in [0.717, 1.165) is 12.8 Å². The van der Waals surface area contributed by atoms with Crippen LogP contribution in [0.1, 0.15) is 30.1 Å². The number of rotatable bonds is 6. The van der Waals surface area contributed by atoms with Crippen molar-refractivity contribution >= 4 is 17.6 Å². The van der Waals surface area contributed by atoms with E-state index in [4.69, 9.17) is 26.2 Å². The molecule has 0 amide bonds. The number of aromatic carboxylic acids is 1. The van der Waals surface area contributed by atoms with Gasteiger partial charge in [-0.2, -0.15) is 0 Å². The summed E-state index contributed by atoms with van der Waals surface area (Å²) in [6, 6.07) is 2.57. The zero-order chi connectivity index (χ0) is 18.2. The van der Waals surface area contributed by atoms with Gasteiger partial charge in [-0.05, 0) is 18.9 Å². The summed E-state index contributed by atoms with van der Waals surface area (Å²) >= 11 is 6.07. The van der Waals surface area contributed by atoms with Crippen molar-refractivity contribution in [2.75, 3.05) is 6.61 Å². The smallest absolute Gasteiger partial charge is 0.338 e. The third-order valence-corrected chi connectivity index (χ3v) is 4.19. The van der Waals surface area contributed by atoms with E-state index < -0.39 is 28.9 Å². The zero-order valence-electron chi connectivity index (χ0n) is 13.2. The van der Waals surface area contributed by atoms with Crippen LogP contribution in [0.2, 0.25) is 5.02 Å². The van der Waals surface area contributed by atoms with Crippen LogP contribution in [0, 0.1) is 17.0 Å². The molecule has 1 N–H and O–H groups in total. The molecule has 8 heteroatoms. The second kappa shape index (κ2) is 6.48. The lowest BCUT2D eigenvalue weighted by Crippen LogP contribution is -2.09. The molecule has 25 heavy (non-hydrogen) atoms. The topological polar surface area (TPSA) is 68.7 Å². The van der Waals surface area contributed by atoms with Gasteiger partial charge >= 0.3 is 5.97 Å². The number of carbonyl (C=O) groups is 1. The minimum atomic E-state index is -1.57. The quantitative estimate of drug-likeness (QED) is 0.800. The molecule has 132 valence electrons. The fourth-order valence-corrected chi connectivity index (χ4v) is 2.28. The van der Waals surface area contributed by atoms with Crippen LogP contribution < -0.4 is 9.47 Å². The molecule has 0 bridgehead atoms. The van der Waals surface area contributed by atoms with Crippen molar-refractivity contribution in [1.29, 1.82) is 0 Å². The second-order valence-corrected chi connectivity index (χ2v) is 6.63. The Hall–Kier alpha value is -2.41. The number of hydrogen-bond acceptors (Lipinski definition) is 4. The van der Waals surface area contributed by atoms with Crippen molar-refractivity contribution in [3.8, 4) is 17.4 Å². The van der Waals surface area contributed by atoms with Gasteiger partial charge in [0.15, 0.2) is 11.6 Å². The minimum Gasteiger partial charge on any atom is -0.478 e. The number of pyridine rings is 1. The fourth-order valence-electron chi connectivity index (χ4n) is 2.07. The monoisotopic (exact) mass is 369 g/mol. The van der Waals surface area contributed by atoms with E-state index in [1.165, 1.54) is 12.3 Å². The highest BCUT2D eigenvalue weighted by Gasteiger charge is 2.38. The van der Waals surface area contributed by atoms with E-state index in [1.54, 1.807) is 0 Å². The number of nitrogens with zero attached hydrogens (tertiary/aromatic N) is 1. The number of aromatic nitrogens is 1. The number of benzene rings is 1. The third-order valence-electron chi connectivity index (χ3n) is 3.92. The zero-order valence-corrected chi connectivity index (χ0v) is 13.9. The number of ether oxygens (including phenoxy) is 2. The molecule has 0 aliphatic heterocycles. The Balaban J connectivity index is 1.75. The normalized spacial score (nSPS) is 14.9. The van der Waals surface area contributed by atoms with Crippen LogP contribution in [-0.2, 0) is 0 Å². The summed E-state index contributed by atoms with van der Waals surface area (Å²) in [6.07, 6.45) is 3.44. The minimum absolute atomic E-state index is 0.0661. The molecular weight excluding hydrogens is 356 g/mol. The van der Waals surface area contributed by atoms with Gasteiger partial charge in [-0.15, -0.1) is 0 Å². The van der Waals surface area contributed by atoms with E-state index in [0.29, 0.717) is 18.7 Å². The van der Waals surface area contributed by atoms with Crippen molar-refractivity contribution in [2.45, 2.75) is 19.8 Å². The van der Waals surface area contributed by atoms with Crippen molar-refractivity contribution in [3.05, 3.63) is 46.6 Å². The first-order valence-corrected chi connectivity index (χ1v) is 7.84. The summed E-state index contributed by atoms with van der Waals surface area (Å²) in [6.45, 7) is 2.59. The van der Waals surface area contributed by atoms with E-state index in [1.807, 2.05) is 0 Å². The molecule has 1 saturated carbocycles. The lowest BCUT2D eigenvalue weighted by molar-refractivity contribution is 0.0691. The summed E-state index contributed by atoms with van der Waals surface area (Å²) < 4.78 is 38.3. The van der Waals surface area contributed by atoms with Crippen LogP contribution in [0.25, 0.3) is 0 Å². The number of carboxylic acid groups (broad SMARTS) is 1. The van der Waals surface area contributed by atoms with Crippen LogP contribution in [0.15, 0.2) is 24.4 Å². The van der Waals surface area contributed by atoms with Gasteiger partial charge in [-0.1, -0.05) is 18.5 Å². The van der Waals surface area contributed by atoms with E-state index in [2.05, 4.69) is 11.9 Å². The molecule has 0 spiro atoms.